The number of likely N-dealkylation sites (N-methyl/N-ethyl adjacent to an activating group) is 1. The molecule has 82 heavy (non-hydrogen) atoms. The molecule has 0 rings (SSSR count). The van der Waals surface area contributed by atoms with Crippen LogP contribution < -0.4 is 0 Å². The Kier molecular flexibility index (Phi) is 59.2. The number of quaternary nitrogens is 1. The number of ether oxygens (including phenoxy) is 2. The van der Waals surface area contributed by atoms with Crippen LogP contribution in [0, 0.1) is 0 Å². The van der Waals surface area contributed by atoms with E-state index in [1.54, 1.807) is 0 Å². The molecule has 0 amide bonds. The van der Waals surface area contributed by atoms with Gasteiger partial charge in [-0.15, -0.1) is 0 Å². The van der Waals surface area contributed by atoms with Crippen molar-refractivity contribution in [2.45, 2.75) is 277 Å². The molecule has 0 saturated heterocycles. The van der Waals surface area contributed by atoms with Crippen molar-refractivity contribution in [1.29, 1.82) is 0 Å². The SMILES string of the molecule is CC/C=C\C/C=C\C/C=C\C/C=C\C/C=C\C/C=C\CCCCCCCCCCCCCCCCC(=O)OC(COC(=O)CCCCCCCCCCCCCC/C=C\C/C=C\C/C=C\C/C=C\CC)COP(=O)(O)OCC[N+](C)(C)C. The third-order valence-electron chi connectivity index (χ3n) is 14.0. The zero-order chi connectivity index (χ0) is 59.8. The van der Waals surface area contributed by atoms with Gasteiger partial charge in [-0.25, -0.2) is 4.57 Å². The Balaban J connectivity index is 4.09. The first-order chi connectivity index (χ1) is 40.0. The van der Waals surface area contributed by atoms with Crippen LogP contribution in [0.2, 0.25) is 0 Å². The molecule has 0 fully saturated rings. The van der Waals surface area contributed by atoms with E-state index in [0.29, 0.717) is 17.4 Å². The van der Waals surface area contributed by atoms with Crippen molar-refractivity contribution < 1.29 is 42.1 Å². The first-order valence-corrected chi connectivity index (χ1v) is 34.8. The number of phosphoric acid groups is 1. The molecule has 10 heteroatoms. The lowest BCUT2D eigenvalue weighted by Crippen LogP contribution is -2.37. The predicted molar refractivity (Wildman–Crippen MR) is 353 cm³/mol. The summed E-state index contributed by atoms with van der Waals surface area (Å²) in [7, 11) is 1.47. The normalized spacial score (nSPS) is 14.0. The van der Waals surface area contributed by atoms with Crippen LogP contribution in [-0.2, 0) is 32.7 Å². The van der Waals surface area contributed by atoms with E-state index in [1.165, 1.54) is 135 Å². The highest BCUT2D eigenvalue weighted by molar-refractivity contribution is 7.47. The van der Waals surface area contributed by atoms with Crippen LogP contribution in [0.1, 0.15) is 271 Å². The molecule has 0 aromatic heterocycles. The fourth-order valence-corrected chi connectivity index (χ4v) is 9.69. The molecular formula is C72H125NO8P+. The van der Waals surface area contributed by atoms with Gasteiger partial charge in [-0.05, 0) is 103 Å². The second-order valence-corrected chi connectivity index (χ2v) is 24.5. The van der Waals surface area contributed by atoms with Crippen molar-refractivity contribution in [3.8, 4) is 0 Å². The van der Waals surface area contributed by atoms with E-state index in [2.05, 4.69) is 135 Å². The van der Waals surface area contributed by atoms with Gasteiger partial charge < -0.3 is 18.9 Å². The van der Waals surface area contributed by atoms with Gasteiger partial charge in [-0.3, -0.25) is 18.6 Å². The lowest BCUT2D eigenvalue weighted by Gasteiger charge is -2.24. The number of phosphoric ester groups is 1. The summed E-state index contributed by atoms with van der Waals surface area (Å²) in [6.07, 6.45) is 88.5. The number of esters is 2. The Morgan fingerprint density at radius 3 is 0.976 bits per heavy atom. The van der Waals surface area contributed by atoms with Crippen molar-refractivity contribution >= 4 is 19.8 Å². The van der Waals surface area contributed by atoms with Crippen molar-refractivity contribution in [2.75, 3.05) is 47.5 Å². The molecule has 0 aromatic carbocycles. The first kappa shape index (κ1) is 78.4. The van der Waals surface area contributed by atoms with Crippen molar-refractivity contribution in [2.24, 2.45) is 0 Å². The van der Waals surface area contributed by atoms with Crippen LogP contribution in [-0.4, -0.2) is 74.9 Å². The largest absolute Gasteiger partial charge is 0.472 e. The van der Waals surface area contributed by atoms with Gasteiger partial charge in [0.25, 0.3) is 0 Å². The number of allylic oxidation sites excluding steroid dienone is 20. The summed E-state index contributed by atoms with van der Waals surface area (Å²) < 4.78 is 34.7. The molecule has 9 nitrogen and oxygen atoms in total. The van der Waals surface area contributed by atoms with E-state index in [-0.39, 0.29) is 32.0 Å². The number of hydrogen-bond acceptors (Lipinski definition) is 7. The molecule has 0 heterocycles. The Labute approximate surface area is 505 Å². The molecule has 1 N–H and O–H groups in total. The van der Waals surface area contributed by atoms with Gasteiger partial charge in [0.1, 0.15) is 19.8 Å². The van der Waals surface area contributed by atoms with Gasteiger partial charge in [0.2, 0.25) is 0 Å². The minimum Gasteiger partial charge on any atom is -0.462 e. The molecule has 0 bridgehead atoms. The van der Waals surface area contributed by atoms with Crippen LogP contribution in [0.5, 0.6) is 0 Å². The van der Waals surface area contributed by atoms with Gasteiger partial charge >= 0.3 is 19.8 Å². The molecule has 0 spiro atoms. The van der Waals surface area contributed by atoms with E-state index >= 15 is 0 Å². The highest BCUT2D eigenvalue weighted by Gasteiger charge is 2.27. The van der Waals surface area contributed by atoms with Crippen molar-refractivity contribution in [3.63, 3.8) is 0 Å². The standard InChI is InChI=1S/C72H124NO8P/c1-6-8-10-12-14-16-18-20-22-24-26-28-30-32-33-34-35-36-37-38-39-41-43-45-47-49-51-53-55-57-59-61-63-65-72(75)81-70(69-80-82(76,77)79-67-66-73(3,4)5)68-78-71(74)64-62-60-58-56-54-52-50-48-46-44-42-40-31-29-27-25-23-21-19-17-15-13-11-9-7-2/h8-11,14-17,20-23,26-29,32-33,35-36,70H,6-7,12-13,18-19,24-25,30-31,34,37-69H2,1-5H3/p+1/b10-8-,11-9-,16-14-,17-15-,22-20-,23-21-,28-26-,29-27-,33-32-,36-35-. The second kappa shape index (κ2) is 62.0. The minimum atomic E-state index is -4.40. The van der Waals surface area contributed by atoms with Gasteiger partial charge in [0, 0.05) is 12.8 Å². The zero-order valence-corrected chi connectivity index (χ0v) is 54.3. The minimum absolute atomic E-state index is 0.0269. The van der Waals surface area contributed by atoms with E-state index < -0.39 is 26.5 Å². The Morgan fingerprint density at radius 1 is 0.378 bits per heavy atom. The fraction of sp³-hybridized carbons (Fsp3) is 0.694. The van der Waals surface area contributed by atoms with E-state index in [1.807, 2.05) is 21.1 Å². The summed E-state index contributed by atoms with van der Waals surface area (Å²) in [6.45, 7) is 4.22. The van der Waals surface area contributed by atoms with Gasteiger partial charge in [-0.2, -0.15) is 0 Å². The van der Waals surface area contributed by atoms with Gasteiger partial charge in [0.05, 0.1) is 27.7 Å². The molecule has 0 aliphatic heterocycles. The van der Waals surface area contributed by atoms with Crippen molar-refractivity contribution in [3.05, 3.63) is 122 Å². The third-order valence-corrected chi connectivity index (χ3v) is 15.0. The summed E-state index contributed by atoms with van der Waals surface area (Å²) in [5, 5.41) is 0. The number of hydrogen-bond donors (Lipinski definition) is 1. The molecule has 0 aliphatic rings. The smallest absolute Gasteiger partial charge is 0.462 e. The van der Waals surface area contributed by atoms with Crippen LogP contribution in [0.3, 0.4) is 0 Å². The van der Waals surface area contributed by atoms with Crippen LogP contribution in [0.15, 0.2) is 122 Å². The number of nitrogens with zero attached hydrogens (tertiary/aromatic N) is 1. The third kappa shape index (κ3) is 65.6. The monoisotopic (exact) mass is 1160 g/mol. The van der Waals surface area contributed by atoms with Crippen molar-refractivity contribution in [1.82, 2.24) is 0 Å². The Bertz CT molecular complexity index is 1800. The summed E-state index contributed by atoms with van der Waals surface area (Å²) in [4.78, 5) is 35.8. The van der Waals surface area contributed by atoms with E-state index in [0.717, 1.165) is 103 Å². The molecule has 0 aliphatic carbocycles. The zero-order valence-electron chi connectivity index (χ0n) is 53.4. The lowest BCUT2D eigenvalue weighted by molar-refractivity contribution is -0.870. The highest BCUT2D eigenvalue weighted by atomic mass is 31.2. The summed E-state index contributed by atoms with van der Waals surface area (Å²) in [6, 6.07) is 0. The number of carbonyl (C=O) groups excluding carboxylic acids is 2. The number of unbranched alkanes of at least 4 members (excludes halogenated alkanes) is 26. The summed E-state index contributed by atoms with van der Waals surface area (Å²) >= 11 is 0. The maximum absolute atomic E-state index is 12.9. The molecule has 0 saturated carbocycles. The van der Waals surface area contributed by atoms with Gasteiger partial charge in [0.15, 0.2) is 6.10 Å². The van der Waals surface area contributed by atoms with Gasteiger partial charge in [-0.1, -0.05) is 277 Å². The Morgan fingerprint density at radius 2 is 0.659 bits per heavy atom. The maximum Gasteiger partial charge on any atom is 0.472 e. The summed E-state index contributed by atoms with van der Waals surface area (Å²) in [5.74, 6) is -0.799. The second-order valence-electron chi connectivity index (χ2n) is 23.1. The molecule has 0 radical (unpaired) electrons. The summed E-state index contributed by atoms with van der Waals surface area (Å²) in [5.41, 5.74) is 0. The molecule has 2 unspecified atom stereocenters. The molecular weight excluding hydrogens is 1040 g/mol. The average molecular weight is 1160 g/mol. The highest BCUT2D eigenvalue weighted by Crippen LogP contribution is 2.43. The topological polar surface area (TPSA) is 108 Å². The van der Waals surface area contributed by atoms with E-state index in [9.17, 15) is 19.0 Å². The molecule has 0 aromatic rings. The molecule has 2 atom stereocenters. The van der Waals surface area contributed by atoms with Crippen LogP contribution >= 0.6 is 7.82 Å². The Hall–Kier alpha value is -3.59. The first-order valence-electron chi connectivity index (χ1n) is 33.3. The lowest BCUT2D eigenvalue weighted by atomic mass is 10.0. The number of carbonyl (C=O) groups is 2. The quantitative estimate of drug-likeness (QED) is 0.0211. The maximum atomic E-state index is 12.9. The van der Waals surface area contributed by atoms with Crippen LogP contribution in [0.4, 0.5) is 0 Å². The average Bonchev–Trinajstić information content (AvgIpc) is 3.46. The predicted octanol–water partition coefficient (Wildman–Crippen LogP) is 21.5. The van der Waals surface area contributed by atoms with Crippen LogP contribution in [0.25, 0.3) is 0 Å². The van der Waals surface area contributed by atoms with E-state index in [4.69, 9.17) is 18.5 Å². The molecule has 470 valence electrons. The number of rotatable bonds is 60. The fourth-order valence-electron chi connectivity index (χ4n) is 8.95.